The van der Waals surface area contributed by atoms with Crippen LogP contribution in [0.2, 0.25) is 0 Å². The van der Waals surface area contributed by atoms with E-state index < -0.39 is 40.3 Å². The number of hydrogen-bond donors (Lipinski definition) is 5. The van der Waals surface area contributed by atoms with Crippen molar-refractivity contribution in [1.82, 2.24) is 0 Å². The SMILES string of the molecule is O=S(O)Oc1ccccc1C1c2ccc(O)c(O)c2Oc2c1ccc(O)c2O. The third kappa shape index (κ3) is 2.77. The lowest BCUT2D eigenvalue weighted by Gasteiger charge is -2.30. The first-order chi connectivity index (χ1) is 13.4. The zero-order valence-corrected chi connectivity index (χ0v) is 14.9. The topological polar surface area (TPSA) is 137 Å². The summed E-state index contributed by atoms with van der Waals surface area (Å²) in [6, 6.07) is 12.1. The average molecular weight is 402 g/mol. The minimum absolute atomic E-state index is 0.104. The lowest BCUT2D eigenvalue weighted by molar-refractivity contribution is 0.340. The van der Waals surface area contributed by atoms with Crippen LogP contribution in [0.3, 0.4) is 0 Å². The van der Waals surface area contributed by atoms with Crippen LogP contribution in [0.15, 0.2) is 48.5 Å². The average Bonchev–Trinajstić information content (AvgIpc) is 2.67. The van der Waals surface area contributed by atoms with Gasteiger partial charge in [-0.25, -0.2) is 0 Å². The molecule has 8 nitrogen and oxygen atoms in total. The monoisotopic (exact) mass is 402 g/mol. The third-order valence-corrected chi connectivity index (χ3v) is 4.82. The van der Waals surface area contributed by atoms with Gasteiger partial charge >= 0.3 is 11.4 Å². The first-order valence-corrected chi connectivity index (χ1v) is 9.07. The standard InChI is InChI=1S/C19H14O8S/c20-12-7-5-10-15(9-3-1-2-4-14(9)27-28(24)25)11-6-8-13(21)17(23)19(11)26-18(10)16(12)22/h1-8,15,20-23H,(H,24,25). The molecule has 0 aromatic heterocycles. The van der Waals surface area contributed by atoms with Gasteiger partial charge < -0.3 is 29.3 Å². The molecule has 0 amide bonds. The third-order valence-electron chi connectivity index (χ3n) is 4.50. The van der Waals surface area contributed by atoms with Gasteiger partial charge in [-0.3, -0.25) is 4.55 Å². The molecule has 3 aromatic rings. The molecule has 1 heterocycles. The molecule has 4 rings (SSSR count). The summed E-state index contributed by atoms with van der Waals surface area (Å²) < 4.78 is 31.0. The van der Waals surface area contributed by atoms with E-state index >= 15 is 0 Å². The molecular formula is C19H14O8S. The number of fused-ring (bicyclic) bond motifs is 2. The second-order valence-corrected chi connectivity index (χ2v) is 6.68. The molecule has 0 fully saturated rings. The zero-order chi connectivity index (χ0) is 20.0. The second-order valence-electron chi connectivity index (χ2n) is 6.08. The molecule has 28 heavy (non-hydrogen) atoms. The molecule has 5 N–H and O–H groups in total. The van der Waals surface area contributed by atoms with Crippen molar-refractivity contribution in [2.75, 3.05) is 0 Å². The van der Waals surface area contributed by atoms with Gasteiger partial charge in [0.05, 0.1) is 0 Å². The van der Waals surface area contributed by atoms with Crippen LogP contribution in [0, 0.1) is 0 Å². The normalized spacial score (nSPS) is 13.9. The van der Waals surface area contributed by atoms with E-state index in [0.29, 0.717) is 16.7 Å². The fourth-order valence-electron chi connectivity index (χ4n) is 3.30. The molecule has 0 spiro atoms. The van der Waals surface area contributed by atoms with Crippen LogP contribution >= 0.6 is 0 Å². The second kappa shape index (κ2) is 6.63. The Labute approximate surface area is 161 Å². The number of phenols is 4. The Morgan fingerprint density at radius 3 is 1.86 bits per heavy atom. The van der Waals surface area contributed by atoms with Gasteiger partial charge in [0.25, 0.3) is 0 Å². The largest absolute Gasteiger partial charge is 0.504 e. The molecule has 1 unspecified atom stereocenters. The van der Waals surface area contributed by atoms with Crippen molar-refractivity contribution in [2.24, 2.45) is 0 Å². The van der Waals surface area contributed by atoms with Crippen molar-refractivity contribution in [3.63, 3.8) is 0 Å². The summed E-state index contributed by atoms with van der Waals surface area (Å²) in [5, 5.41) is 40.2. The number of rotatable bonds is 3. The summed E-state index contributed by atoms with van der Waals surface area (Å²) in [5.41, 5.74) is 1.30. The number of phenolic OH excluding ortho intramolecular Hbond substituents is 4. The summed E-state index contributed by atoms with van der Waals surface area (Å²) in [6.07, 6.45) is 0. The molecular weight excluding hydrogens is 388 g/mol. The molecule has 144 valence electrons. The van der Waals surface area contributed by atoms with E-state index in [1.54, 1.807) is 18.2 Å². The number of ether oxygens (including phenoxy) is 1. The van der Waals surface area contributed by atoms with E-state index in [1.807, 2.05) is 0 Å². The van der Waals surface area contributed by atoms with Gasteiger partial charge in [0.1, 0.15) is 5.75 Å². The van der Waals surface area contributed by atoms with Crippen molar-refractivity contribution in [2.45, 2.75) is 5.92 Å². The number of para-hydroxylation sites is 1. The van der Waals surface area contributed by atoms with Crippen LogP contribution in [0.5, 0.6) is 40.2 Å². The van der Waals surface area contributed by atoms with Crippen LogP contribution in [0.25, 0.3) is 0 Å². The molecule has 0 saturated heterocycles. The van der Waals surface area contributed by atoms with E-state index in [2.05, 4.69) is 0 Å². The summed E-state index contributed by atoms with van der Waals surface area (Å²) >= 11 is -2.57. The van der Waals surface area contributed by atoms with Gasteiger partial charge in [-0.05, 0) is 18.2 Å². The predicted octanol–water partition coefficient (Wildman–Crippen LogP) is 3.31. The van der Waals surface area contributed by atoms with E-state index in [0.717, 1.165) is 0 Å². The van der Waals surface area contributed by atoms with Crippen LogP contribution in [-0.2, 0) is 11.4 Å². The number of hydrogen-bond acceptors (Lipinski definition) is 7. The highest BCUT2D eigenvalue weighted by Crippen LogP contribution is 2.57. The first kappa shape index (κ1) is 18.0. The maximum absolute atomic E-state index is 11.2. The Kier molecular flexibility index (Phi) is 4.25. The molecule has 1 atom stereocenters. The van der Waals surface area contributed by atoms with Crippen molar-refractivity contribution >= 4 is 11.4 Å². The van der Waals surface area contributed by atoms with Crippen LogP contribution < -0.4 is 8.92 Å². The lowest BCUT2D eigenvalue weighted by Crippen LogP contribution is -2.13. The summed E-state index contributed by atoms with van der Waals surface area (Å²) in [4.78, 5) is 0. The van der Waals surface area contributed by atoms with Gasteiger partial charge in [-0.1, -0.05) is 30.3 Å². The van der Waals surface area contributed by atoms with Gasteiger partial charge in [0.15, 0.2) is 23.0 Å². The molecule has 0 saturated carbocycles. The van der Waals surface area contributed by atoms with Crippen LogP contribution in [-0.4, -0.2) is 29.2 Å². The maximum Gasteiger partial charge on any atom is 0.357 e. The Morgan fingerprint density at radius 2 is 1.32 bits per heavy atom. The summed E-state index contributed by atoms with van der Waals surface area (Å²) in [7, 11) is 0. The molecule has 0 radical (unpaired) electrons. The van der Waals surface area contributed by atoms with Gasteiger partial charge in [0, 0.05) is 22.6 Å². The van der Waals surface area contributed by atoms with Gasteiger partial charge in [0.2, 0.25) is 11.5 Å². The Morgan fingerprint density at radius 1 is 0.786 bits per heavy atom. The molecule has 3 aromatic carbocycles. The molecule has 9 heteroatoms. The minimum atomic E-state index is -2.57. The first-order valence-electron chi connectivity index (χ1n) is 8.04. The molecule has 0 aliphatic carbocycles. The minimum Gasteiger partial charge on any atom is -0.504 e. The van der Waals surface area contributed by atoms with E-state index in [1.165, 1.54) is 30.3 Å². The molecule has 0 bridgehead atoms. The van der Waals surface area contributed by atoms with E-state index in [-0.39, 0.29) is 17.2 Å². The predicted molar refractivity (Wildman–Crippen MR) is 98.4 cm³/mol. The highest BCUT2D eigenvalue weighted by atomic mass is 32.2. The number of aromatic hydroxyl groups is 4. The Bertz CT molecular complexity index is 1050. The molecule has 1 aliphatic heterocycles. The van der Waals surface area contributed by atoms with Crippen LogP contribution in [0.4, 0.5) is 0 Å². The lowest BCUT2D eigenvalue weighted by atomic mass is 9.81. The maximum atomic E-state index is 11.2. The van der Waals surface area contributed by atoms with Crippen LogP contribution in [0.1, 0.15) is 22.6 Å². The van der Waals surface area contributed by atoms with Crippen molar-refractivity contribution in [3.05, 3.63) is 65.2 Å². The van der Waals surface area contributed by atoms with E-state index in [9.17, 15) is 24.6 Å². The Balaban J connectivity index is 2.03. The summed E-state index contributed by atoms with van der Waals surface area (Å²) in [6.45, 7) is 0. The molecule has 1 aliphatic rings. The van der Waals surface area contributed by atoms with Crippen molar-refractivity contribution in [3.8, 4) is 40.2 Å². The zero-order valence-electron chi connectivity index (χ0n) is 14.1. The van der Waals surface area contributed by atoms with Gasteiger partial charge in [-0.2, -0.15) is 4.21 Å². The fraction of sp³-hybridized carbons (Fsp3) is 0.0526. The van der Waals surface area contributed by atoms with Crippen molar-refractivity contribution < 1.29 is 38.1 Å². The van der Waals surface area contributed by atoms with Crippen molar-refractivity contribution in [1.29, 1.82) is 0 Å². The fourth-order valence-corrected chi connectivity index (χ4v) is 3.60. The van der Waals surface area contributed by atoms with E-state index in [4.69, 9.17) is 13.5 Å². The summed E-state index contributed by atoms with van der Waals surface area (Å²) in [5.74, 6) is -2.76. The van der Waals surface area contributed by atoms with Gasteiger partial charge in [-0.15, -0.1) is 0 Å². The quantitative estimate of drug-likeness (QED) is 0.260. The smallest absolute Gasteiger partial charge is 0.357 e. The highest BCUT2D eigenvalue weighted by Gasteiger charge is 2.35. The Hall–Kier alpha value is -3.43. The highest BCUT2D eigenvalue weighted by molar-refractivity contribution is 7.74. The number of benzene rings is 3.